The maximum Gasteiger partial charge on any atom is 0.469 e. The van der Waals surface area contributed by atoms with E-state index in [1.54, 1.807) is 0 Å². The smallest absolute Gasteiger partial charge is 0.330 e. The molecule has 2 nitrogen and oxygen atoms in total. The molecule has 0 atom stereocenters. The van der Waals surface area contributed by atoms with E-state index in [1.165, 1.54) is 0 Å². The zero-order valence-corrected chi connectivity index (χ0v) is 9.19. The maximum atomic E-state index is 12.6. The quantitative estimate of drug-likeness (QED) is 0.603. The third-order valence-electron chi connectivity index (χ3n) is 1.89. The van der Waals surface area contributed by atoms with Gasteiger partial charge in [-0.15, -0.1) is 0 Å². The normalized spacial score (nSPS) is 16.4. The van der Waals surface area contributed by atoms with Gasteiger partial charge in [-0.2, -0.15) is 61.5 Å². The van der Waals surface area contributed by atoms with E-state index in [1.807, 2.05) is 0 Å². The highest BCUT2D eigenvalue weighted by molar-refractivity contribution is 4.94. The molecule has 0 aliphatic rings. The number of rotatable bonds is 4. The number of hydrogen-bond acceptors (Lipinski definition) is 2. The third-order valence-corrected chi connectivity index (χ3v) is 1.89. The second-order valence-electron chi connectivity index (χ2n) is 3.50. The SMILES string of the molecule is OC(F)(F)C(F)(F)N(C(F)(F)C(F)(F)F)C(F)(F)C(F)(F)F. The lowest BCUT2D eigenvalue weighted by molar-refractivity contribution is -0.514. The maximum absolute atomic E-state index is 12.6. The average Bonchev–Trinajstić information content (AvgIpc) is 2.09. The van der Waals surface area contributed by atoms with Crippen LogP contribution in [0.15, 0.2) is 0 Å². The molecule has 0 spiro atoms. The van der Waals surface area contributed by atoms with Crippen LogP contribution in [-0.4, -0.2) is 46.6 Å². The average molecular weight is 369 g/mol. The summed E-state index contributed by atoms with van der Waals surface area (Å²) in [6, 6.07) is -23.2. The summed E-state index contributed by atoms with van der Waals surface area (Å²) >= 11 is 0. The van der Waals surface area contributed by atoms with Gasteiger partial charge in [0.05, 0.1) is 0 Å². The zero-order chi connectivity index (χ0) is 18.6. The summed E-state index contributed by atoms with van der Waals surface area (Å²) in [6.07, 6.45) is -22.2. The summed E-state index contributed by atoms with van der Waals surface area (Å²) in [4.78, 5) is -4.44. The van der Waals surface area contributed by atoms with Crippen LogP contribution in [0.4, 0.5) is 61.5 Å². The topological polar surface area (TPSA) is 23.5 Å². The van der Waals surface area contributed by atoms with E-state index in [2.05, 4.69) is 0 Å². The molecule has 0 aromatic heterocycles. The van der Waals surface area contributed by atoms with Gasteiger partial charge in [0.2, 0.25) is 0 Å². The van der Waals surface area contributed by atoms with Crippen molar-refractivity contribution in [3.63, 3.8) is 0 Å². The van der Waals surface area contributed by atoms with Gasteiger partial charge in [-0.1, -0.05) is 4.90 Å². The van der Waals surface area contributed by atoms with Gasteiger partial charge in [-0.3, -0.25) is 0 Å². The zero-order valence-electron chi connectivity index (χ0n) is 9.19. The summed E-state index contributed by atoms with van der Waals surface area (Å²) in [6.45, 7) is 0. The first-order chi connectivity index (χ1) is 9.12. The molecule has 16 heteroatoms. The second kappa shape index (κ2) is 4.97. The van der Waals surface area contributed by atoms with Crippen LogP contribution in [-0.2, 0) is 0 Å². The van der Waals surface area contributed by atoms with E-state index < -0.39 is 41.5 Å². The lowest BCUT2D eigenvalue weighted by Gasteiger charge is -2.42. The van der Waals surface area contributed by atoms with Gasteiger partial charge in [-0.05, 0) is 0 Å². The van der Waals surface area contributed by atoms with Crippen molar-refractivity contribution in [2.24, 2.45) is 0 Å². The number of hydrogen-bond donors (Lipinski definition) is 1. The molecule has 22 heavy (non-hydrogen) atoms. The molecule has 0 aliphatic carbocycles. The van der Waals surface area contributed by atoms with E-state index >= 15 is 0 Å². The molecule has 0 bridgehead atoms. The number of aliphatic hydroxyl groups is 1. The van der Waals surface area contributed by atoms with Crippen LogP contribution in [0, 0.1) is 0 Å². The van der Waals surface area contributed by atoms with Crippen LogP contribution in [0.2, 0.25) is 0 Å². The van der Waals surface area contributed by atoms with Gasteiger partial charge >= 0.3 is 36.6 Å². The van der Waals surface area contributed by atoms with Gasteiger partial charge in [0.25, 0.3) is 0 Å². The summed E-state index contributed by atoms with van der Waals surface area (Å²) in [7, 11) is 0. The summed E-state index contributed by atoms with van der Waals surface area (Å²) in [5.74, 6) is 0. The minimum atomic E-state index is -7.79. The largest absolute Gasteiger partial charge is 0.469 e. The van der Waals surface area contributed by atoms with E-state index in [-0.39, 0.29) is 0 Å². The Morgan fingerprint density at radius 1 is 0.455 bits per heavy atom. The van der Waals surface area contributed by atoms with Crippen LogP contribution in [0.25, 0.3) is 0 Å². The molecular weight excluding hydrogens is 368 g/mol. The molecule has 0 aromatic rings. The fourth-order valence-corrected chi connectivity index (χ4v) is 0.917. The van der Waals surface area contributed by atoms with Crippen LogP contribution < -0.4 is 0 Å². The molecule has 0 unspecified atom stereocenters. The van der Waals surface area contributed by atoms with Crippen LogP contribution in [0.3, 0.4) is 0 Å². The first-order valence-corrected chi connectivity index (χ1v) is 4.29. The number of nitrogens with zero attached hydrogens (tertiary/aromatic N) is 1. The molecule has 0 rings (SSSR count). The summed E-state index contributed by atoms with van der Waals surface area (Å²) < 4.78 is 170. The molecule has 0 saturated heterocycles. The lowest BCUT2D eigenvalue weighted by atomic mass is 10.3. The van der Waals surface area contributed by atoms with Crippen molar-refractivity contribution >= 4 is 0 Å². The fourth-order valence-electron chi connectivity index (χ4n) is 0.917. The molecule has 134 valence electrons. The fraction of sp³-hybridized carbons (Fsp3) is 1.00. The first-order valence-electron chi connectivity index (χ1n) is 4.29. The summed E-state index contributed by atoms with van der Waals surface area (Å²) in [5, 5.41) is 7.45. The van der Waals surface area contributed by atoms with E-state index in [4.69, 9.17) is 5.11 Å². The van der Waals surface area contributed by atoms with Crippen molar-refractivity contribution < 1.29 is 66.6 Å². The van der Waals surface area contributed by atoms with Crippen LogP contribution >= 0.6 is 0 Å². The van der Waals surface area contributed by atoms with Crippen LogP contribution in [0.1, 0.15) is 0 Å². The van der Waals surface area contributed by atoms with Gasteiger partial charge < -0.3 is 5.11 Å². The highest BCUT2D eigenvalue weighted by Gasteiger charge is 2.84. The predicted octanol–water partition coefficient (Wildman–Crippen LogP) is 3.78. The third kappa shape index (κ3) is 3.16. The Labute approximate surface area is 109 Å². The van der Waals surface area contributed by atoms with Gasteiger partial charge in [0.1, 0.15) is 0 Å². The molecule has 0 radical (unpaired) electrons. The lowest BCUT2D eigenvalue weighted by Crippen LogP contribution is -2.73. The Hall–Kier alpha value is -1.06. The number of alkyl halides is 14. The molecule has 0 saturated carbocycles. The Bertz CT molecular complexity index is 339. The minimum Gasteiger partial charge on any atom is -0.330 e. The van der Waals surface area contributed by atoms with E-state index in [0.717, 1.165) is 0 Å². The molecule has 0 aromatic carbocycles. The summed E-state index contributed by atoms with van der Waals surface area (Å²) in [5.41, 5.74) is 0. The van der Waals surface area contributed by atoms with Crippen molar-refractivity contribution in [3.8, 4) is 0 Å². The van der Waals surface area contributed by atoms with Crippen molar-refractivity contribution in [3.05, 3.63) is 0 Å². The highest BCUT2D eigenvalue weighted by atomic mass is 19.4. The minimum absolute atomic E-state index is 4.44. The first kappa shape index (κ1) is 20.9. The molecule has 0 fully saturated rings. The van der Waals surface area contributed by atoms with E-state index in [9.17, 15) is 61.5 Å². The molecule has 0 aliphatic heterocycles. The van der Waals surface area contributed by atoms with Gasteiger partial charge in [0, 0.05) is 0 Å². The molecular formula is C6HF14NO. The molecule has 0 heterocycles. The molecule has 1 N–H and O–H groups in total. The van der Waals surface area contributed by atoms with Crippen molar-refractivity contribution in [1.82, 2.24) is 4.90 Å². The predicted molar refractivity (Wildman–Crippen MR) is 36.0 cm³/mol. The van der Waals surface area contributed by atoms with Crippen LogP contribution in [0.5, 0.6) is 0 Å². The van der Waals surface area contributed by atoms with Crippen molar-refractivity contribution in [2.75, 3.05) is 0 Å². The van der Waals surface area contributed by atoms with Crippen molar-refractivity contribution in [2.45, 2.75) is 36.6 Å². The number of halogens is 14. The molecule has 0 amide bonds. The Morgan fingerprint density at radius 2 is 0.682 bits per heavy atom. The Kier molecular flexibility index (Phi) is 4.73. The second-order valence-corrected chi connectivity index (χ2v) is 3.50. The highest BCUT2D eigenvalue weighted by Crippen LogP contribution is 2.55. The van der Waals surface area contributed by atoms with Gasteiger partial charge in [0.15, 0.2) is 0 Å². The Morgan fingerprint density at radius 3 is 0.818 bits per heavy atom. The van der Waals surface area contributed by atoms with Crippen molar-refractivity contribution in [1.29, 1.82) is 0 Å². The standard InChI is InChI=1S/C6HF14NO/c7-1(8,9)3(13,14)21(4(15,16)2(10,11)12)5(17,18)6(19,20)22/h22H. The monoisotopic (exact) mass is 369 g/mol. The van der Waals surface area contributed by atoms with E-state index in [0.29, 0.717) is 0 Å². The van der Waals surface area contributed by atoms with Gasteiger partial charge in [-0.25, -0.2) is 0 Å². The Balaban J connectivity index is 6.53.